The van der Waals surface area contributed by atoms with Gasteiger partial charge in [0.25, 0.3) is 5.91 Å². The van der Waals surface area contributed by atoms with E-state index in [1.807, 2.05) is 0 Å². The van der Waals surface area contributed by atoms with Gasteiger partial charge in [0.1, 0.15) is 17.1 Å². The lowest BCUT2D eigenvalue weighted by Gasteiger charge is -2.06. The van der Waals surface area contributed by atoms with Gasteiger partial charge in [0.15, 0.2) is 9.84 Å². The van der Waals surface area contributed by atoms with Crippen LogP contribution in [0.4, 0.5) is 10.1 Å². The standard InChI is InChI=1S/C18H15FN2O5S/c19-11-5-7-12(8-6-11)27(24,25)10-9-15(22)21-16-13-3-1-2-4-14(13)26-17(16)18(20)23/h1-8H,9-10H2,(H2,20,23)(H,21,22). The molecule has 0 saturated carbocycles. The first kappa shape index (κ1) is 18.6. The van der Waals surface area contributed by atoms with E-state index in [0.717, 1.165) is 24.3 Å². The Hall–Kier alpha value is -3.20. The van der Waals surface area contributed by atoms with Crippen LogP contribution in [-0.4, -0.2) is 26.0 Å². The smallest absolute Gasteiger partial charge is 0.286 e. The molecule has 0 aliphatic rings. The minimum absolute atomic E-state index is 0.0803. The molecule has 7 nitrogen and oxygen atoms in total. The molecule has 3 N–H and O–H groups in total. The summed E-state index contributed by atoms with van der Waals surface area (Å²) in [6.45, 7) is 0. The fourth-order valence-corrected chi connectivity index (χ4v) is 3.77. The Morgan fingerprint density at radius 3 is 2.41 bits per heavy atom. The van der Waals surface area contributed by atoms with E-state index in [4.69, 9.17) is 10.2 Å². The highest BCUT2D eigenvalue weighted by atomic mass is 32.2. The molecule has 2 aromatic carbocycles. The van der Waals surface area contributed by atoms with E-state index in [1.54, 1.807) is 24.3 Å². The summed E-state index contributed by atoms with van der Waals surface area (Å²) < 4.78 is 42.8. The summed E-state index contributed by atoms with van der Waals surface area (Å²) in [6, 6.07) is 11.0. The van der Waals surface area contributed by atoms with Crippen molar-refractivity contribution in [2.24, 2.45) is 5.73 Å². The molecule has 0 fully saturated rings. The summed E-state index contributed by atoms with van der Waals surface area (Å²) >= 11 is 0. The molecule has 140 valence electrons. The first-order valence-corrected chi connectivity index (χ1v) is 9.52. The summed E-state index contributed by atoms with van der Waals surface area (Å²) in [5.74, 6) is -2.75. The number of furan rings is 1. The van der Waals surface area contributed by atoms with E-state index in [-0.39, 0.29) is 22.8 Å². The van der Waals surface area contributed by atoms with Crippen LogP contribution in [-0.2, 0) is 14.6 Å². The summed E-state index contributed by atoms with van der Waals surface area (Å²) in [5.41, 5.74) is 5.74. The number of fused-ring (bicyclic) bond motifs is 1. The van der Waals surface area contributed by atoms with Crippen LogP contribution in [0, 0.1) is 5.82 Å². The number of halogens is 1. The Morgan fingerprint density at radius 2 is 1.74 bits per heavy atom. The molecule has 0 radical (unpaired) electrons. The molecular weight excluding hydrogens is 375 g/mol. The second-order valence-corrected chi connectivity index (χ2v) is 7.85. The van der Waals surface area contributed by atoms with Crippen LogP contribution in [0.2, 0.25) is 0 Å². The first-order valence-electron chi connectivity index (χ1n) is 7.87. The molecule has 0 bridgehead atoms. The number of amides is 2. The van der Waals surface area contributed by atoms with Crippen molar-refractivity contribution in [1.82, 2.24) is 0 Å². The highest BCUT2D eigenvalue weighted by Crippen LogP contribution is 2.30. The minimum atomic E-state index is -3.76. The zero-order chi connectivity index (χ0) is 19.6. The van der Waals surface area contributed by atoms with E-state index in [2.05, 4.69) is 5.32 Å². The molecule has 3 rings (SSSR count). The van der Waals surface area contributed by atoms with Gasteiger partial charge in [0, 0.05) is 11.8 Å². The largest absolute Gasteiger partial charge is 0.449 e. The summed E-state index contributed by atoms with van der Waals surface area (Å²) in [5, 5.41) is 2.96. The van der Waals surface area contributed by atoms with Crippen molar-refractivity contribution in [3.8, 4) is 0 Å². The molecule has 27 heavy (non-hydrogen) atoms. The van der Waals surface area contributed by atoms with Crippen molar-refractivity contribution in [2.75, 3.05) is 11.1 Å². The summed E-state index contributed by atoms with van der Waals surface area (Å²) in [4.78, 5) is 23.7. The first-order chi connectivity index (χ1) is 12.8. The molecule has 1 heterocycles. The summed E-state index contributed by atoms with van der Waals surface area (Å²) in [7, 11) is -3.76. The number of carbonyl (C=O) groups excluding carboxylic acids is 2. The molecule has 0 spiro atoms. The number of benzene rings is 2. The highest BCUT2D eigenvalue weighted by molar-refractivity contribution is 7.91. The molecule has 0 aliphatic heterocycles. The number of sulfone groups is 1. The number of primary amides is 1. The summed E-state index contributed by atoms with van der Waals surface area (Å²) in [6.07, 6.45) is -0.364. The van der Waals surface area contributed by atoms with Gasteiger partial charge in [-0.15, -0.1) is 0 Å². The molecule has 3 aromatic rings. The number of hydrogen-bond acceptors (Lipinski definition) is 5. The Labute approximate surface area is 153 Å². The lowest BCUT2D eigenvalue weighted by Crippen LogP contribution is -2.19. The van der Waals surface area contributed by atoms with Gasteiger partial charge in [-0.3, -0.25) is 9.59 Å². The minimum Gasteiger partial charge on any atom is -0.449 e. The van der Waals surface area contributed by atoms with Gasteiger partial charge >= 0.3 is 0 Å². The molecule has 0 unspecified atom stereocenters. The second-order valence-electron chi connectivity index (χ2n) is 5.74. The monoisotopic (exact) mass is 390 g/mol. The average Bonchev–Trinajstić information content (AvgIpc) is 2.99. The normalized spacial score (nSPS) is 11.4. The third-order valence-electron chi connectivity index (χ3n) is 3.85. The molecule has 0 saturated heterocycles. The predicted molar refractivity (Wildman–Crippen MR) is 96.4 cm³/mol. The highest BCUT2D eigenvalue weighted by Gasteiger charge is 2.22. The number of anilines is 1. The average molecular weight is 390 g/mol. The van der Waals surface area contributed by atoms with Crippen LogP contribution in [0.5, 0.6) is 0 Å². The van der Waals surface area contributed by atoms with Crippen LogP contribution >= 0.6 is 0 Å². The van der Waals surface area contributed by atoms with Crippen molar-refractivity contribution >= 4 is 38.3 Å². The second kappa shape index (κ2) is 7.20. The molecule has 0 atom stereocenters. The van der Waals surface area contributed by atoms with Gasteiger partial charge < -0.3 is 15.5 Å². The molecule has 0 aliphatic carbocycles. The maximum absolute atomic E-state index is 12.9. The van der Waals surface area contributed by atoms with Crippen LogP contribution in [0.25, 0.3) is 11.0 Å². The zero-order valence-electron chi connectivity index (χ0n) is 13.9. The maximum Gasteiger partial charge on any atom is 0.286 e. The van der Waals surface area contributed by atoms with Gasteiger partial charge in [-0.25, -0.2) is 12.8 Å². The Morgan fingerprint density at radius 1 is 1.07 bits per heavy atom. The quantitative estimate of drug-likeness (QED) is 0.627. The molecule has 1 aromatic heterocycles. The third-order valence-corrected chi connectivity index (χ3v) is 5.59. The fraction of sp³-hybridized carbons (Fsp3) is 0.111. The van der Waals surface area contributed by atoms with Crippen molar-refractivity contribution in [3.63, 3.8) is 0 Å². The van der Waals surface area contributed by atoms with Gasteiger partial charge in [0.2, 0.25) is 11.7 Å². The maximum atomic E-state index is 12.9. The van der Waals surface area contributed by atoms with Crippen LogP contribution < -0.4 is 11.1 Å². The van der Waals surface area contributed by atoms with Crippen LogP contribution in [0.3, 0.4) is 0 Å². The third kappa shape index (κ3) is 3.98. The SMILES string of the molecule is NC(=O)c1oc2ccccc2c1NC(=O)CCS(=O)(=O)c1ccc(F)cc1. The fourth-order valence-electron chi connectivity index (χ4n) is 2.53. The molecular formula is C18H15FN2O5S. The number of rotatable bonds is 6. The van der Waals surface area contributed by atoms with Gasteiger partial charge in [-0.1, -0.05) is 12.1 Å². The lowest BCUT2D eigenvalue weighted by atomic mass is 10.2. The van der Waals surface area contributed by atoms with E-state index in [0.29, 0.717) is 11.0 Å². The van der Waals surface area contributed by atoms with Crippen molar-refractivity contribution in [1.29, 1.82) is 0 Å². The van der Waals surface area contributed by atoms with E-state index < -0.39 is 33.2 Å². The Balaban J connectivity index is 1.77. The van der Waals surface area contributed by atoms with E-state index in [1.165, 1.54) is 0 Å². The van der Waals surface area contributed by atoms with Crippen molar-refractivity contribution < 1.29 is 26.8 Å². The lowest BCUT2D eigenvalue weighted by molar-refractivity contribution is -0.115. The van der Waals surface area contributed by atoms with Crippen LogP contribution in [0.15, 0.2) is 57.8 Å². The predicted octanol–water partition coefficient (Wildman–Crippen LogP) is 2.47. The Kier molecular flexibility index (Phi) is 4.95. The molecule has 2 amide bonds. The topological polar surface area (TPSA) is 119 Å². The number of carbonyl (C=O) groups is 2. The van der Waals surface area contributed by atoms with Gasteiger partial charge in [-0.05, 0) is 36.4 Å². The number of nitrogens with two attached hydrogens (primary N) is 1. The number of hydrogen-bond donors (Lipinski definition) is 2. The van der Waals surface area contributed by atoms with Gasteiger partial charge in [-0.2, -0.15) is 0 Å². The number of nitrogens with one attached hydrogen (secondary N) is 1. The van der Waals surface area contributed by atoms with Crippen molar-refractivity contribution in [3.05, 3.63) is 60.1 Å². The van der Waals surface area contributed by atoms with Crippen LogP contribution in [0.1, 0.15) is 17.0 Å². The van der Waals surface area contributed by atoms with E-state index >= 15 is 0 Å². The Bertz CT molecular complexity index is 1120. The molecule has 9 heteroatoms. The van der Waals surface area contributed by atoms with Crippen molar-refractivity contribution in [2.45, 2.75) is 11.3 Å². The number of para-hydroxylation sites is 1. The van der Waals surface area contributed by atoms with E-state index in [9.17, 15) is 22.4 Å². The van der Waals surface area contributed by atoms with Gasteiger partial charge in [0.05, 0.1) is 10.6 Å². The zero-order valence-corrected chi connectivity index (χ0v) is 14.8.